The van der Waals surface area contributed by atoms with Gasteiger partial charge in [0.15, 0.2) is 0 Å². The molecule has 1 atom stereocenters. The molecule has 0 heterocycles. The predicted molar refractivity (Wildman–Crippen MR) is 84.1 cm³/mol. The number of hydrogen-bond donors (Lipinski definition) is 1. The summed E-state index contributed by atoms with van der Waals surface area (Å²) in [5.41, 5.74) is 1.15. The second kappa shape index (κ2) is 11.2. The lowest BCUT2D eigenvalue weighted by molar-refractivity contribution is 0.00115. The number of hydrogen-bond acceptors (Lipinski definition) is 4. The summed E-state index contributed by atoms with van der Waals surface area (Å²) in [6, 6.07) is 8.13. The van der Waals surface area contributed by atoms with Gasteiger partial charge in [0.2, 0.25) is 0 Å². The third-order valence-corrected chi connectivity index (χ3v) is 3.55. The van der Waals surface area contributed by atoms with Crippen LogP contribution in [0.3, 0.4) is 0 Å². The molecule has 4 nitrogen and oxygen atoms in total. The quantitative estimate of drug-likeness (QED) is 0.626. The van der Waals surface area contributed by atoms with E-state index >= 15 is 0 Å². The van der Waals surface area contributed by atoms with Crippen molar-refractivity contribution < 1.29 is 14.2 Å². The lowest BCUT2D eigenvalue weighted by atomic mass is 10.1. The van der Waals surface area contributed by atoms with Gasteiger partial charge in [-0.3, -0.25) is 0 Å². The largest absolute Gasteiger partial charge is 0.385 e. The SMILES string of the molecule is CNCC(OCCOCCCOC)c1ccccc1Br. The standard InChI is InChI=1S/C15H24BrNO3/c1-17-12-15(13-6-3-4-7-14(13)16)20-11-10-19-9-5-8-18-2/h3-4,6-7,15,17H,5,8-12H2,1-2H3. The molecule has 1 aromatic carbocycles. The normalized spacial score (nSPS) is 12.6. The maximum atomic E-state index is 5.91. The first-order valence-electron chi connectivity index (χ1n) is 6.87. The molecule has 0 fully saturated rings. The molecule has 0 amide bonds. The van der Waals surface area contributed by atoms with Gasteiger partial charge >= 0.3 is 0 Å². The van der Waals surface area contributed by atoms with Crippen LogP contribution in [-0.2, 0) is 14.2 Å². The molecule has 0 bridgehead atoms. The number of likely N-dealkylation sites (N-methyl/N-ethyl adjacent to an activating group) is 1. The van der Waals surface area contributed by atoms with E-state index < -0.39 is 0 Å². The Balaban J connectivity index is 2.31. The first-order chi connectivity index (χ1) is 9.79. The summed E-state index contributed by atoms with van der Waals surface area (Å²) in [6.45, 7) is 3.41. The number of rotatable bonds is 11. The van der Waals surface area contributed by atoms with Crippen molar-refractivity contribution in [2.75, 3.05) is 47.1 Å². The fourth-order valence-corrected chi connectivity index (χ4v) is 2.38. The summed E-state index contributed by atoms with van der Waals surface area (Å²) in [5.74, 6) is 0. The minimum Gasteiger partial charge on any atom is -0.385 e. The van der Waals surface area contributed by atoms with E-state index in [0.29, 0.717) is 19.8 Å². The van der Waals surface area contributed by atoms with E-state index in [0.717, 1.165) is 29.6 Å². The number of benzene rings is 1. The molecule has 0 aliphatic rings. The molecular weight excluding hydrogens is 322 g/mol. The Kier molecular flexibility index (Phi) is 9.87. The van der Waals surface area contributed by atoms with Crippen LogP contribution in [0.15, 0.2) is 28.7 Å². The van der Waals surface area contributed by atoms with E-state index in [9.17, 15) is 0 Å². The van der Waals surface area contributed by atoms with Crippen molar-refractivity contribution >= 4 is 15.9 Å². The van der Waals surface area contributed by atoms with Crippen LogP contribution >= 0.6 is 15.9 Å². The smallest absolute Gasteiger partial charge is 0.0961 e. The first kappa shape index (κ1) is 17.6. The van der Waals surface area contributed by atoms with Crippen molar-refractivity contribution in [1.29, 1.82) is 0 Å². The zero-order valence-electron chi connectivity index (χ0n) is 12.2. The highest BCUT2D eigenvalue weighted by Gasteiger charge is 2.13. The van der Waals surface area contributed by atoms with E-state index in [4.69, 9.17) is 14.2 Å². The molecule has 0 aromatic heterocycles. The van der Waals surface area contributed by atoms with E-state index in [2.05, 4.69) is 27.3 Å². The minimum absolute atomic E-state index is 0.0261. The predicted octanol–water partition coefficient (Wildman–Crippen LogP) is 2.78. The molecule has 0 saturated heterocycles. The second-order valence-electron chi connectivity index (χ2n) is 4.40. The molecule has 0 aliphatic carbocycles. The van der Waals surface area contributed by atoms with Crippen LogP contribution in [0.4, 0.5) is 0 Å². The van der Waals surface area contributed by atoms with Gasteiger partial charge in [0.25, 0.3) is 0 Å². The molecule has 0 saturated carbocycles. The molecule has 1 aromatic rings. The van der Waals surface area contributed by atoms with E-state index in [1.54, 1.807) is 7.11 Å². The fraction of sp³-hybridized carbons (Fsp3) is 0.600. The van der Waals surface area contributed by atoms with E-state index in [-0.39, 0.29) is 6.10 Å². The Morgan fingerprint density at radius 1 is 1.15 bits per heavy atom. The van der Waals surface area contributed by atoms with Gasteiger partial charge in [0, 0.05) is 31.3 Å². The van der Waals surface area contributed by atoms with Gasteiger partial charge in [0.1, 0.15) is 0 Å². The fourth-order valence-electron chi connectivity index (χ4n) is 1.84. The van der Waals surface area contributed by atoms with Crippen LogP contribution in [0, 0.1) is 0 Å². The number of halogens is 1. The molecule has 20 heavy (non-hydrogen) atoms. The van der Waals surface area contributed by atoms with Crippen LogP contribution in [0.2, 0.25) is 0 Å². The summed E-state index contributed by atoms with van der Waals surface area (Å²) in [5, 5.41) is 3.16. The third-order valence-electron chi connectivity index (χ3n) is 2.83. The van der Waals surface area contributed by atoms with Gasteiger partial charge < -0.3 is 19.5 Å². The molecule has 1 unspecified atom stereocenters. The molecule has 0 radical (unpaired) electrons. The van der Waals surface area contributed by atoms with Crippen molar-refractivity contribution in [1.82, 2.24) is 5.32 Å². The van der Waals surface area contributed by atoms with Crippen molar-refractivity contribution in [3.05, 3.63) is 34.3 Å². The Morgan fingerprint density at radius 3 is 2.65 bits per heavy atom. The lowest BCUT2D eigenvalue weighted by Crippen LogP contribution is -2.21. The maximum absolute atomic E-state index is 5.91. The Labute approximate surface area is 129 Å². The summed E-state index contributed by atoms with van der Waals surface area (Å²) >= 11 is 3.57. The zero-order valence-corrected chi connectivity index (χ0v) is 13.8. The Morgan fingerprint density at radius 2 is 1.95 bits per heavy atom. The van der Waals surface area contributed by atoms with Crippen molar-refractivity contribution in [2.45, 2.75) is 12.5 Å². The Bertz CT molecular complexity index is 363. The number of ether oxygens (including phenoxy) is 3. The van der Waals surface area contributed by atoms with Crippen LogP contribution < -0.4 is 5.32 Å². The van der Waals surface area contributed by atoms with E-state index in [1.165, 1.54) is 0 Å². The van der Waals surface area contributed by atoms with Crippen molar-refractivity contribution in [3.63, 3.8) is 0 Å². The molecule has 1 rings (SSSR count). The lowest BCUT2D eigenvalue weighted by Gasteiger charge is -2.19. The van der Waals surface area contributed by atoms with Gasteiger partial charge in [-0.05, 0) is 25.1 Å². The number of nitrogens with one attached hydrogen (secondary N) is 1. The second-order valence-corrected chi connectivity index (χ2v) is 5.25. The summed E-state index contributed by atoms with van der Waals surface area (Å²) in [7, 11) is 3.62. The highest BCUT2D eigenvalue weighted by atomic mass is 79.9. The highest BCUT2D eigenvalue weighted by Crippen LogP contribution is 2.25. The third kappa shape index (κ3) is 6.81. The Hall–Kier alpha value is -0.460. The molecule has 5 heteroatoms. The van der Waals surface area contributed by atoms with E-state index in [1.807, 2.05) is 25.2 Å². The average Bonchev–Trinajstić information content (AvgIpc) is 2.46. The number of methoxy groups -OCH3 is 1. The topological polar surface area (TPSA) is 39.7 Å². The molecule has 0 aliphatic heterocycles. The van der Waals surface area contributed by atoms with Gasteiger partial charge in [-0.25, -0.2) is 0 Å². The van der Waals surface area contributed by atoms with Gasteiger partial charge in [0.05, 0.1) is 19.3 Å². The summed E-state index contributed by atoms with van der Waals surface area (Å²) in [6.07, 6.45) is 0.943. The molecule has 0 spiro atoms. The van der Waals surface area contributed by atoms with Gasteiger partial charge in [-0.2, -0.15) is 0 Å². The van der Waals surface area contributed by atoms with Crippen molar-refractivity contribution in [2.24, 2.45) is 0 Å². The van der Waals surface area contributed by atoms with Gasteiger partial charge in [-0.15, -0.1) is 0 Å². The minimum atomic E-state index is 0.0261. The molecule has 1 N–H and O–H groups in total. The van der Waals surface area contributed by atoms with Crippen molar-refractivity contribution in [3.8, 4) is 0 Å². The van der Waals surface area contributed by atoms with Crippen LogP contribution in [0.1, 0.15) is 18.1 Å². The van der Waals surface area contributed by atoms with Crippen LogP contribution in [0.25, 0.3) is 0 Å². The monoisotopic (exact) mass is 345 g/mol. The first-order valence-corrected chi connectivity index (χ1v) is 7.66. The molecular formula is C15H24BrNO3. The summed E-state index contributed by atoms with van der Waals surface area (Å²) in [4.78, 5) is 0. The van der Waals surface area contributed by atoms with Gasteiger partial charge in [-0.1, -0.05) is 34.1 Å². The molecule has 114 valence electrons. The average molecular weight is 346 g/mol. The highest BCUT2D eigenvalue weighted by molar-refractivity contribution is 9.10. The van der Waals surface area contributed by atoms with Crippen LogP contribution in [-0.4, -0.2) is 47.1 Å². The van der Waals surface area contributed by atoms with Crippen LogP contribution in [0.5, 0.6) is 0 Å². The summed E-state index contributed by atoms with van der Waals surface area (Å²) < 4.78 is 17.4. The zero-order chi connectivity index (χ0) is 14.6. The maximum Gasteiger partial charge on any atom is 0.0961 e.